The number of rotatable bonds is 5. The summed E-state index contributed by atoms with van der Waals surface area (Å²) in [6.07, 6.45) is 3.00. The van der Waals surface area contributed by atoms with Gasteiger partial charge in [-0.2, -0.15) is 0 Å². The number of carbonyl (C=O) groups is 1. The Bertz CT molecular complexity index is 634. The Morgan fingerprint density at radius 3 is 3.00 bits per heavy atom. The van der Waals surface area contributed by atoms with Gasteiger partial charge < -0.3 is 14.6 Å². The molecule has 7 heteroatoms. The summed E-state index contributed by atoms with van der Waals surface area (Å²) in [5, 5.41) is 9.02. The van der Waals surface area contributed by atoms with Crippen LogP contribution in [-0.4, -0.2) is 64.8 Å². The van der Waals surface area contributed by atoms with Gasteiger partial charge in [0.15, 0.2) is 5.69 Å². The van der Waals surface area contributed by atoms with E-state index < -0.39 is 5.97 Å². The molecule has 1 fully saturated rings. The number of aromatic nitrogens is 2. The molecule has 3 heterocycles. The number of ether oxygens (including phenoxy) is 2. The molecule has 0 aromatic carbocycles. The molecule has 0 aliphatic carbocycles. The maximum absolute atomic E-state index is 11.0. The van der Waals surface area contributed by atoms with Crippen molar-refractivity contribution in [2.75, 3.05) is 39.5 Å². The Hall–Kier alpha value is -2.12. The highest BCUT2D eigenvalue weighted by atomic mass is 16.5. The van der Waals surface area contributed by atoms with Gasteiger partial charge in [0.2, 0.25) is 0 Å². The van der Waals surface area contributed by atoms with E-state index in [-0.39, 0.29) is 5.69 Å². The first-order valence-corrected chi connectivity index (χ1v) is 6.87. The van der Waals surface area contributed by atoms with Crippen molar-refractivity contribution in [3.63, 3.8) is 0 Å². The van der Waals surface area contributed by atoms with E-state index >= 15 is 0 Å². The van der Waals surface area contributed by atoms with Crippen LogP contribution < -0.4 is 4.74 Å². The number of carboxylic acids is 1. The van der Waals surface area contributed by atoms with Crippen LogP contribution in [0.25, 0.3) is 5.65 Å². The zero-order valence-corrected chi connectivity index (χ0v) is 11.6. The smallest absolute Gasteiger partial charge is 0.354 e. The lowest BCUT2D eigenvalue weighted by Gasteiger charge is -2.26. The van der Waals surface area contributed by atoms with Crippen molar-refractivity contribution in [2.24, 2.45) is 0 Å². The molecule has 2 aromatic rings. The quantitative estimate of drug-likeness (QED) is 0.876. The molecule has 1 aliphatic rings. The van der Waals surface area contributed by atoms with Crippen LogP contribution >= 0.6 is 0 Å². The average Bonchev–Trinajstić information content (AvgIpc) is 2.91. The summed E-state index contributed by atoms with van der Waals surface area (Å²) < 4.78 is 12.5. The maximum Gasteiger partial charge on any atom is 0.354 e. The number of aromatic carboxylic acids is 1. The van der Waals surface area contributed by atoms with Crippen LogP contribution in [0.3, 0.4) is 0 Å². The number of hydrogen-bond donors (Lipinski definition) is 1. The summed E-state index contributed by atoms with van der Waals surface area (Å²) in [6.45, 7) is 4.86. The first kappa shape index (κ1) is 13.8. The van der Waals surface area contributed by atoms with Crippen LogP contribution in [0.2, 0.25) is 0 Å². The van der Waals surface area contributed by atoms with Crippen LogP contribution in [-0.2, 0) is 4.74 Å². The second kappa shape index (κ2) is 6.11. The highest BCUT2D eigenvalue weighted by Gasteiger charge is 2.12. The lowest BCUT2D eigenvalue weighted by molar-refractivity contribution is 0.0322. The van der Waals surface area contributed by atoms with Gasteiger partial charge in [-0.15, -0.1) is 0 Å². The number of morpholine rings is 1. The molecule has 0 unspecified atom stereocenters. The van der Waals surface area contributed by atoms with Gasteiger partial charge >= 0.3 is 5.97 Å². The monoisotopic (exact) mass is 291 g/mol. The number of pyridine rings is 1. The third-order valence-electron chi connectivity index (χ3n) is 3.48. The Morgan fingerprint density at radius 2 is 2.24 bits per heavy atom. The van der Waals surface area contributed by atoms with E-state index in [0.29, 0.717) is 18.0 Å². The molecule has 0 saturated carbocycles. The number of carboxylic acid groups (broad SMARTS) is 1. The highest BCUT2D eigenvalue weighted by molar-refractivity contribution is 5.86. The Kier molecular flexibility index (Phi) is 4.03. The largest absolute Gasteiger partial charge is 0.492 e. The molecule has 1 N–H and O–H groups in total. The van der Waals surface area contributed by atoms with E-state index in [9.17, 15) is 4.79 Å². The first-order chi connectivity index (χ1) is 10.2. The molecular formula is C14H17N3O4. The standard InChI is InChI=1S/C14H17N3O4/c18-14(19)12-10-15-13-9-11(1-2-17(12)13)21-8-5-16-3-6-20-7-4-16/h1-2,9-10H,3-8H2,(H,18,19). The highest BCUT2D eigenvalue weighted by Crippen LogP contribution is 2.15. The van der Waals surface area contributed by atoms with E-state index in [1.807, 2.05) is 0 Å². The van der Waals surface area contributed by atoms with Crippen LogP contribution in [0, 0.1) is 0 Å². The van der Waals surface area contributed by atoms with Crippen LogP contribution in [0.1, 0.15) is 10.5 Å². The molecule has 0 spiro atoms. The minimum atomic E-state index is -0.997. The van der Waals surface area contributed by atoms with Crippen molar-refractivity contribution in [2.45, 2.75) is 0 Å². The lowest BCUT2D eigenvalue weighted by Crippen LogP contribution is -2.38. The number of nitrogens with zero attached hydrogens (tertiary/aromatic N) is 3. The van der Waals surface area contributed by atoms with E-state index in [0.717, 1.165) is 32.8 Å². The fourth-order valence-corrected chi connectivity index (χ4v) is 2.33. The summed E-state index contributed by atoms with van der Waals surface area (Å²) in [5.41, 5.74) is 0.709. The van der Waals surface area contributed by atoms with Crippen molar-refractivity contribution in [3.05, 3.63) is 30.2 Å². The number of hydrogen-bond acceptors (Lipinski definition) is 5. The summed E-state index contributed by atoms with van der Waals surface area (Å²) in [4.78, 5) is 17.4. The molecule has 0 bridgehead atoms. The van der Waals surface area contributed by atoms with Crippen molar-refractivity contribution in [1.29, 1.82) is 0 Å². The molecule has 112 valence electrons. The first-order valence-electron chi connectivity index (χ1n) is 6.87. The van der Waals surface area contributed by atoms with Crippen molar-refractivity contribution in [3.8, 4) is 5.75 Å². The predicted octanol–water partition coefficient (Wildman–Crippen LogP) is 0.743. The summed E-state index contributed by atoms with van der Waals surface area (Å²) in [5.74, 6) is -0.304. The summed E-state index contributed by atoms with van der Waals surface area (Å²) in [7, 11) is 0. The molecule has 21 heavy (non-hydrogen) atoms. The van der Waals surface area contributed by atoms with E-state index in [2.05, 4.69) is 9.88 Å². The molecule has 2 aromatic heterocycles. The van der Waals surface area contributed by atoms with Gasteiger partial charge in [0.05, 0.1) is 19.4 Å². The molecule has 7 nitrogen and oxygen atoms in total. The van der Waals surface area contributed by atoms with Gasteiger partial charge in [0.1, 0.15) is 18.0 Å². The Balaban J connectivity index is 1.61. The molecule has 3 rings (SSSR count). The molecular weight excluding hydrogens is 274 g/mol. The minimum Gasteiger partial charge on any atom is -0.492 e. The predicted molar refractivity (Wildman–Crippen MR) is 74.9 cm³/mol. The zero-order valence-electron chi connectivity index (χ0n) is 11.6. The Morgan fingerprint density at radius 1 is 1.43 bits per heavy atom. The molecule has 1 saturated heterocycles. The zero-order chi connectivity index (χ0) is 14.7. The third kappa shape index (κ3) is 3.14. The van der Waals surface area contributed by atoms with Gasteiger partial charge in [-0.25, -0.2) is 9.78 Å². The fraction of sp³-hybridized carbons (Fsp3) is 0.429. The topological polar surface area (TPSA) is 76.3 Å². The van der Waals surface area contributed by atoms with Gasteiger partial charge in [0, 0.05) is 31.9 Å². The van der Waals surface area contributed by atoms with Crippen LogP contribution in [0.5, 0.6) is 5.75 Å². The van der Waals surface area contributed by atoms with E-state index in [1.54, 1.807) is 18.3 Å². The second-order valence-electron chi connectivity index (χ2n) is 4.84. The van der Waals surface area contributed by atoms with E-state index in [1.165, 1.54) is 10.6 Å². The molecule has 0 atom stereocenters. The van der Waals surface area contributed by atoms with Gasteiger partial charge in [-0.05, 0) is 6.07 Å². The van der Waals surface area contributed by atoms with Crippen LogP contribution in [0.4, 0.5) is 0 Å². The van der Waals surface area contributed by atoms with Crippen molar-refractivity contribution >= 4 is 11.6 Å². The van der Waals surface area contributed by atoms with Crippen molar-refractivity contribution in [1.82, 2.24) is 14.3 Å². The SMILES string of the molecule is O=C(O)c1cnc2cc(OCCN3CCOCC3)ccn12. The Labute approximate surface area is 121 Å². The summed E-state index contributed by atoms with van der Waals surface area (Å²) >= 11 is 0. The number of imidazole rings is 1. The minimum absolute atomic E-state index is 0.143. The molecule has 1 aliphatic heterocycles. The summed E-state index contributed by atoms with van der Waals surface area (Å²) in [6, 6.07) is 3.49. The van der Waals surface area contributed by atoms with Gasteiger partial charge in [-0.1, -0.05) is 0 Å². The van der Waals surface area contributed by atoms with E-state index in [4.69, 9.17) is 14.6 Å². The van der Waals surface area contributed by atoms with Crippen molar-refractivity contribution < 1.29 is 19.4 Å². The lowest BCUT2D eigenvalue weighted by atomic mass is 10.4. The maximum atomic E-state index is 11.0. The molecule has 0 amide bonds. The molecule has 0 radical (unpaired) electrons. The fourth-order valence-electron chi connectivity index (χ4n) is 2.33. The number of fused-ring (bicyclic) bond motifs is 1. The third-order valence-corrected chi connectivity index (χ3v) is 3.48. The average molecular weight is 291 g/mol. The second-order valence-corrected chi connectivity index (χ2v) is 4.84. The van der Waals surface area contributed by atoms with Gasteiger partial charge in [-0.3, -0.25) is 9.30 Å². The normalized spacial score (nSPS) is 16.2. The van der Waals surface area contributed by atoms with Gasteiger partial charge in [0.25, 0.3) is 0 Å². The van der Waals surface area contributed by atoms with Crippen LogP contribution in [0.15, 0.2) is 24.5 Å².